The predicted molar refractivity (Wildman–Crippen MR) is 122 cm³/mol. The largest absolute Gasteiger partial charge is 0.376 e. The van der Waals surface area contributed by atoms with Crippen LogP contribution in [0, 0.1) is 0 Å². The number of benzene rings is 2. The molecule has 1 atom stereocenters. The second kappa shape index (κ2) is 8.80. The highest BCUT2D eigenvalue weighted by atomic mass is 32.1. The lowest BCUT2D eigenvalue weighted by Gasteiger charge is -2.23. The first-order chi connectivity index (χ1) is 15.6. The van der Waals surface area contributed by atoms with Crippen molar-refractivity contribution in [2.24, 2.45) is 0 Å². The van der Waals surface area contributed by atoms with E-state index in [9.17, 15) is 14.4 Å². The molecule has 5 rings (SSSR count). The average Bonchev–Trinajstić information content (AvgIpc) is 3.53. The van der Waals surface area contributed by atoms with Gasteiger partial charge in [0.25, 0.3) is 11.8 Å². The van der Waals surface area contributed by atoms with E-state index in [4.69, 9.17) is 4.74 Å². The van der Waals surface area contributed by atoms with Crippen LogP contribution in [0.2, 0.25) is 0 Å². The van der Waals surface area contributed by atoms with Crippen molar-refractivity contribution in [1.29, 1.82) is 0 Å². The van der Waals surface area contributed by atoms with Crippen LogP contribution in [0.25, 0.3) is 10.2 Å². The predicted octanol–water partition coefficient (Wildman–Crippen LogP) is 3.88. The van der Waals surface area contributed by atoms with E-state index in [0.717, 1.165) is 23.1 Å². The van der Waals surface area contributed by atoms with Gasteiger partial charge in [0, 0.05) is 19.6 Å². The Labute approximate surface area is 189 Å². The SMILES string of the molecule is O=C1c2ccccc2C(=O)N1CCCC(=O)N(C[C@H]1CCCO1)c1nc2ccccc2s1. The van der Waals surface area contributed by atoms with Gasteiger partial charge in [0.1, 0.15) is 0 Å². The minimum absolute atomic E-state index is 0.00204. The van der Waals surface area contributed by atoms with Gasteiger partial charge in [0.05, 0.1) is 34.0 Å². The number of nitrogens with zero attached hydrogens (tertiary/aromatic N) is 3. The van der Waals surface area contributed by atoms with Crippen molar-refractivity contribution in [3.05, 3.63) is 59.7 Å². The van der Waals surface area contributed by atoms with Crippen molar-refractivity contribution < 1.29 is 19.1 Å². The number of hydrogen-bond acceptors (Lipinski definition) is 6. The molecule has 0 aliphatic carbocycles. The molecule has 32 heavy (non-hydrogen) atoms. The van der Waals surface area contributed by atoms with Crippen molar-refractivity contribution in [3.63, 3.8) is 0 Å². The molecule has 2 aliphatic heterocycles. The van der Waals surface area contributed by atoms with Crippen molar-refractivity contribution >= 4 is 44.4 Å². The van der Waals surface area contributed by atoms with Crippen LogP contribution in [0.4, 0.5) is 5.13 Å². The van der Waals surface area contributed by atoms with Crippen LogP contribution in [0.5, 0.6) is 0 Å². The molecule has 0 unspecified atom stereocenters. The minimum Gasteiger partial charge on any atom is -0.376 e. The number of thiazole rings is 1. The summed E-state index contributed by atoms with van der Waals surface area (Å²) in [5.41, 5.74) is 1.72. The maximum atomic E-state index is 13.2. The summed E-state index contributed by atoms with van der Waals surface area (Å²) in [5, 5.41) is 0.660. The molecule has 2 aliphatic rings. The van der Waals surface area contributed by atoms with Gasteiger partial charge in [-0.15, -0.1) is 0 Å². The van der Waals surface area contributed by atoms with Gasteiger partial charge in [-0.2, -0.15) is 0 Å². The third-order valence-corrected chi connectivity index (χ3v) is 6.93. The number of imide groups is 1. The number of carbonyl (C=O) groups is 3. The molecule has 3 heterocycles. The third kappa shape index (κ3) is 3.91. The minimum atomic E-state index is -0.291. The molecule has 3 aromatic rings. The number of ether oxygens (including phenoxy) is 1. The summed E-state index contributed by atoms with van der Waals surface area (Å²) in [6, 6.07) is 14.6. The van der Waals surface area contributed by atoms with Gasteiger partial charge in [-0.3, -0.25) is 24.2 Å². The molecule has 164 valence electrons. The zero-order valence-corrected chi connectivity index (χ0v) is 18.3. The number of rotatable bonds is 7. The molecule has 3 amide bonds. The van der Waals surface area contributed by atoms with E-state index in [0.29, 0.717) is 35.8 Å². The van der Waals surface area contributed by atoms with Crippen molar-refractivity contribution in [2.45, 2.75) is 31.8 Å². The number of anilines is 1. The maximum absolute atomic E-state index is 13.2. The molecule has 0 radical (unpaired) electrons. The summed E-state index contributed by atoms with van der Waals surface area (Å²) >= 11 is 1.49. The molecule has 1 fully saturated rings. The second-order valence-corrected chi connectivity index (χ2v) is 9.02. The fraction of sp³-hybridized carbons (Fsp3) is 0.333. The maximum Gasteiger partial charge on any atom is 0.261 e. The van der Waals surface area contributed by atoms with Gasteiger partial charge >= 0.3 is 0 Å². The van der Waals surface area contributed by atoms with E-state index in [-0.39, 0.29) is 36.8 Å². The van der Waals surface area contributed by atoms with E-state index in [1.54, 1.807) is 29.2 Å². The van der Waals surface area contributed by atoms with Gasteiger partial charge in [-0.25, -0.2) is 4.98 Å². The van der Waals surface area contributed by atoms with Crippen LogP contribution in [-0.2, 0) is 9.53 Å². The highest BCUT2D eigenvalue weighted by Crippen LogP contribution is 2.30. The molecule has 7 nitrogen and oxygen atoms in total. The zero-order chi connectivity index (χ0) is 22.1. The lowest BCUT2D eigenvalue weighted by molar-refractivity contribution is -0.119. The van der Waals surface area contributed by atoms with Crippen LogP contribution in [0.15, 0.2) is 48.5 Å². The highest BCUT2D eigenvalue weighted by Gasteiger charge is 2.35. The first-order valence-corrected chi connectivity index (χ1v) is 11.7. The molecule has 2 aromatic carbocycles. The van der Waals surface area contributed by atoms with E-state index in [1.165, 1.54) is 16.2 Å². The Bertz CT molecular complexity index is 1120. The first kappa shape index (κ1) is 20.8. The molecular weight excluding hydrogens is 426 g/mol. The van der Waals surface area contributed by atoms with E-state index in [2.05, 4.69) is 4.98 Å². The van der Waals surface area contributed by atoms with Crippen LogP contribution < -0.4 is 4.90 Å². The van der Waals surface area contributed by atoms with E-state index < -0.39 is 0 Å². The van der Waals surface area contributed by atoms with Crippen molar-refractivity contribution in [3.8, 4) is 0 Å². The Morgan fingerprint density at radius 1 is 1.09 bits per heavy atom. The first-order valence-electron chi connectivity index (χ1n) is 10.8. The number of hydrogen-bond donors (Lipinski definition) is 0. The molecule has 0 N–H and O–H groups in total. The van der Waals surface area contributed by atoms with Crippen LogP contribution in [0.3, 0.4) is 0 Å². The second-order valence-electron chi connectivity index (χ2n) is 8.01. The molecular formula is C24H23N3O4S. The van der Waals surface area contributed by atoms with Gasteiger partial charge in [-0.1, -0.05) is 35.6 Å². The van der Waals surface area contributed by atoms with E-state index >= 15 is 0 Å². The number of amides is 3. The molecule has 1 aromatic heterocycles. The Kier molecular flexibility index (Phi) is 5.71. The summed E-state index contributed by atoms with van der Waals surface area (Å²) in [4.78, 5) is 45.9. The van der Waals surface area contributed by atoms with Gasteiger partial charge in [0.2, 0.25) is 5.91 Å². The summed E-state index contributed by atoms with van der Waals surface area (Å²) in [5.74, 6) is -0.656. The van der Waals surface area contributed by atoms with Crippen molar-refractivity contribution in [2.75, 3.05) is 24.6 Å². The van der Waals surface area contributed by atoms with Crippen LogP contribution in [-0.4, -0.2) is 53.4 Å². The fourth-order valence-corrected chi connectivity index (χ4v) is 5.21. The van der Waals surface area contributed by atoms with Crippen LogP contribution >= 0.6 is 11.3 Å². The normalized spacial score (nSPS) is 17.9. The summed E-state index contributed by atoms with van der Waals surface area (Å²) in [6.07, 6.45) is 2.53. The molecule has 0 saturated carbocycles. The Balaban J connectivity index is 1.28. The van der Waals surface area contributed by atoms with Crippen LogP contribution in [0.1, 0.15) is 46.4 Å². The molecule has 0 spiro atoms. The summed E-state index contributed by atoms with van der Waals surface area (Å²) in [7, 11) is 0. The standard InChI is InChI=1S/C24H23N3O4S/c28-21(12-5-13-26-22(29)17-8-1-2-9-18(17)23(26)30)27(15-16-7-6-14-31-16)24-25-19-10-3-4-11-20(19)32-24/h1-4,8-11,16H,5-7,12-15H2/t16-/m1/s1. The lowest BCUT2D eigenvalue weighted by atomic mass is 10.1. The highest BCUT2D eigenvalue weighted by molar-refractivity contribution is 7.22. The number of aromatic nitrogens is 1. The Morgan fingerprint density at radius 2 is 1.81 bits per heavy atom. The quantitative estimate of drug-likeness (QED) is 0.512. The summed E-state index contributed by atoms with van der Waals surface area (Å²) in [6.45, 7) is 1.39. The Hall–Kier alpha value is -3.10. The Morgan fingerprint density at radius 3 is 2.50 bits per heavy atom. The number of carbonyl (C=O) groups excluding carboxylic acids is 3. The lowest BCUT2D eigenvalue weighted by Crippen LogP contribution is -2.38. The summed E-state index contributed by atoms with van der Waals surface area (Å²) < 4.78 is 6.79. The smallest absolute Gasteiger partial charge is 0.261 e. The number of para-hydroxylation sites is 1. The van der Waals surface area contributed by atoms with Gasteiger partial charge in [0.15, 0.2) is 5.13 Å². The topological polar surface area (TPSA) is 79.8 Å². The molecule has 0 bridgehead atoms. The molecule has 1 saturated heterocycles. The fourth-order valence-electron chi connectivity index (χ4n) is 4.22. The van der Waals surface area contributed by atoms with E-state index in [1.807, 2.05) is 24.3 Å². The van der Waals surface area contributed by atoms with Crippen molar-refractivity contribution in [1.82, 2.24) is 9.88 Å². The average molecular weight is 450 g/mol. The van der Waals surface area contributed by atoms with Gasteiger partial charge < -0.3 is 4.74 Å². The molecule has 8 heteroatoms. The van der Waals surface area contributed by atoms with Gasteiger partial charge in [-0.05, 0) is 43.5 Å². The number of fused-ring (bicyclic) bond motifs is 2. The third-order valence-electron chi connectivity index (χ3n) is 5.88. The monoisotopic (exact) mass is 449 g/mol. The zero-order valence-electron chi connectivity index (χ0n) is 17.5.